The third-order valence-corrected chi connectivity index (χ3v) is 3.13. The van der Waals surface area contributed by atoms with Crippen LogP contribution in [0.25, 0.3) is 0 Å². The molecule has 4 nitrogen and oxygen atoms in total. The molecule has 0 aromatic heterocycles. The zero-order valence-corrected chi connectivity index (χ0v) is 14.2. The Kier molecular flexibility index (Phi) is 13.3. The van der Waals surface area contributed by atoms with Gasteiger partial charge in [0.15, 0.2) is 0 Å². The summed E-state index contributed by atoms with van der Waals surface area (Å²) < 4.78 is 10.2. The van der Waals surface area contributed by atoms with Crippen LogP contribution in [0.15, 0.2) is 23.8 Å². The summed E-state index contributed by atoms with van der Waals surface area (Å²) in [7, 11) is 0. The molecular weight excluding hydrogens is 280 g/mol. The SMILES string of the molecule is C/C=C(\CCC=CCC(=O)OCCCC)C(=O)OCCCC. The van der Waals surface area contributed by atoms with Crippen LogP contribution in [-0.4, -0.2) is 25.2 Å². The van der Waals surface area contributed by atoms with Gasteiger partial charge in [-0.15, -0.1) is 0 Å². The molecule has 0 heterocycles. The van der Waals surface area contributed by atoms with E-state index in [4.69, 9.17) is 9.47 Å². The average molecular weight is 310 g/mol. The first-order valence-corrected chi connectivity index (χ1v) is 8.28. The summed E-state index contributed by atoms with van der Waals surface area (Å²) in [6, 6.07) is 0. The minimum absolute atomic E-state index is 0.199. The summed E-state index contributed by atoms with van der Waals surface area (Å²) >= 11 is 0. The van der Waals surface area contributed by atoms with Crippen molar-refractivity contribution < 1.29 is 19.1 Å². The van der Waals surface area contributed by atoms with E-state index >= 15 is 0 Å². The Hall–Kier alpha value is -1.58. The molecule has 0 aromatic rings. The first-order valence-electron chi connectivity index (χ1n) is 8.28. The molecular formula is C18H30O4. The van der Waals surface area contributed by atoms with Crippen molar-refractivity contribution >= 4 is 11.9 Å². The van der Waals surface area contributed by atoms with Crippen molar-refractivity contribution in [3.63, 3.8) is 0 Å². The largest absolute Gasteiger partial charge is 0.465 e. The van der Waals surface area contributed by atoms with Crippen LogP contribution >= 0.6 is 0 Å². The van der Waals surface area contributed by atoms with Gasteiger partial charge in [-0.3, -0.25) is 4.79 Å². The van der Waals surface area contributed by atoms with E-state index < -0.39 is 0 Å². The zero-order valence-electron chi connectivity index (χ0n) is 14.2. The summed E-state index contributed by atoms with van der Waals surface area (Å²) in [6.07, 6.45) is 10.9. The number of esters is 2. The smallest absolute Gasteiger partial charge is 0.333 e. The van der Waals surface area contributed by atoms with E-state index in [9.17, 15) is 9.59 Å². The fourth-order valence-corrected chi connectivity index (χ4v) is 1.69. The quantitative estimate of drug-likeness (QED) is 0.233. The third-order valence-electron chi connectivity index (χ3n) is 3.13. The summed E-state index contributed by atoms with van der Waals surface area (Å²) in [6.45, 7) is 6.93. The van der Waals surface area contributed by atoms with Crippen LogP contribution < -0.4 is 0 Å². The number of unbranched alkanes of at least 4 members (excludes halogenated alkanes) is 2. The van der Waals surface area contributed by atoms with E-state index in [1.165, 1.54) is 0 Å². The molecule has 0 aliphatic carbocycles. The molecule has 0 fully saturated rings. The molecule has 0 atom stereocenters. The Morgan fingerprint density at radius 1 is 0.955 bits per heavy atom. The summed E-state index contributed by atoms with van der Waals surface area (Å²) in [5.74, 6) is -0.432. The fourth-order valence-electron chi connectivity index (χ4n) is 1.69. The standard InChI is InChI=1S/C18H30O4/c1-4-7-14-21-17(19)13-11-9-10-12-16(6-3)18(20)22-15-8-5-2/h6,9,11H,4-5,7-8,10,12-15H2,1-3H3/b11-9?,16-6+. The van der Waals surface area contributed by atoms with Gasteiger partial charge in [0.1, 0.15) is 0 Å². The van der Waals surface area contributed by atoms with E-state index in [2.05, 4.69) is 13.8 Å². The lowest BCUT2D eigenvalue weighted by molar-refractivity contribution is -0.142. The Balaban J connectivity index is 3.88. The molecule has 0 saturated carbocycles. The second kappa shape index (κ2) is 14.4. The number of hydrogen-bond donors (Lipinski definition) is 0. The van der Waals surface area contributed by atoms with Crippen molar-refractivity contribution in [1.82, 2.24) is 0 Å². The van der Waals surface area contributed by atoms with Crippen LogP contribution in [0, 0.1) is 0 Å². The van der Waals surface area contributed by atoms with Crippen molar-refractivity contribution in [3.05, 3.63) is 23.8 Å². The van der Waals surface area contributed by atoms with Crippen molar-refractivity contribution in [1.29, 1.82) is 0 Å². The minimum atomic E-state index is -0.233. The normalized spacial score (nSPS) is 11.7. The van der Waals surface area contributed by atoms with Gasteiger partial charge in [0.05, 0.1) is 19.6 Å². The molecule has 0 aliphatic rings. The second-order valence-corrected chi connectivity index (χ2v) is 5.09. The average Bonchev–Trinajstić information content (AvgIpc) is 2.51. The lowest BCUT2D eigenvalue weighted by atomic mass is 10.1. The molecule has 0 aromatic carbocycles. The van der Waals surface area contributed by atoms with Crippen LogP contribution in [0.3, 0.4) is 0 Å². The second-order valence-electron chi connectivity index (χ2n) is 5.09. The van der Waals surface area contributed by atoms with Gasteiger partial charge in [-0.2, -0.15) is 0 Å². The van der Waals surface area contributed by atoms with Crippen LogP contribution in [-0.2, 0) is 19.1 Å². The number of hydrogen-bond acceptors (Lipinski definition) is 4. The molecule has 0 amide bonds. The van der Waals surface area contributed by atoms with Crippen molar-refractivity contribution in [2.75, 3.05) is 13.2 Å². The van der Waals surface area contributed by atoms with Crippen LogP contribution in [0.4, 0.5) is 0 Å². The molecule has 0 N–H and O–H groups in total. The van der Waals surface area contributed by atoms with Crippen LogP contribution in [0.5, 0.6) is 0 Å². The summed E-state index contributed by atoms with van der Waals surface area (Å²) in [5.41, 5.74) is 0.686. The summed E-state index contributed by atoms with van der Waals surface area (Å²) in [5, 5.41) is 0. The van der Waals surface area contributed by atoms with Gasteiger partial charge in [0, 0.05) is 5.57 Å². The number of ether oxygens (including phenoxy) is 2. The molecule has 22 heavy (non-hydrogen) atoms. The highest BCUT2D eigenvalue weighted by Gasteiger charge is 2.08. The number of carbonyl (C=O) groups excluding carboxylic acids is 2. The molecule has 0 rings (SSSR count). The first-order chi connectivity index (χ1) is 10.7. The Bertz CT molecular complexity index is 369. The van der Waals surface area contributed by atoms with Gasteiger partial charge in [0.2, 0.25) is 0 Å². The molecule has 4 heteroatoms. The van der Waals surface area contributed by atoms with Crippen LogP contribution in [0.1, 0.15) is 65.7 Å². The molecule has 0 unspecified atom stereocenters. The zero-order chi connectivity index (χ0) is 16.6. The van der Waals surface area contributed by atoms with E-state index in [1.54, 1.807) is 12.2 Å². The maximum absolute atomic E-state index is 11.8. The number of carbonyl (C=O) groups is 2. The predicted octanol–water partition coefficient (Wildman–Crippen LogP) is 4.35. The molecule has 126 valence electrons. The monoisotopic (exact) mass is 310 g/mol. The molecule has 0 spiro atoms. The van der Waals surface area contributed by atoms with E-state index in [-0.39, 0.29) is 18.4 Å². The van der Waals surface area contributed by atoms with Gasteiger partial charge in [0.25, 0.3) is 0 Å². The Morgan fingerprint density at radius 3 is 2.18 bits per heavy atom. The fraction of sp³-hybridized carbons (Fsp3) is 0.667. The number of allylic oxidation sites excluding steroid dienone is 2. The van der Waals surface area contributed by atoms with Crippen molar-refractivity contribution in [2.24, 2.45) is 0 Å². The van der Waals surface area contributed by atoms with Gasteiger partial charge in [-0.05, 0) is 32.6 Å². The van der Waals surface area contributed by atoms with E-state index in [0.29, 0.717) is 31.6 Å². The maximum Gasteiger partial charge on any atom is 0.333 e. The third kappa shape index (κ3) is 11.1. The predicted molar refractivity (Wildman–Crippen MR) is 88.5 cm³/mol. The molecule has 0 aliphatic heterocycles. The van der Waals surface area contributed by atoms with Crippen molar-refractivity contribution in [3.8, 4) is 0 Å². The highest BCUT2D eigenvalue weighted by molar-refractivity contribution is 5.88. The van der Waals surface area contributed by atoms with Crippen LogP contribution in [0.2, 0.25) is 0 Å². The lowest BCUT2D eigenvalue weighted by Gasteiger charge is -2.06. The molecule has 0 saturated heterocycles. The highest BCUT2D eigenvalue weighted by Crippen LogP contribution is 2.09. The Morgan fingerprint density at radius 2 is 1.59 bits per heavy atom. The lowest BCUT2D eigenvalue weighted by Crippen LogP contribution is -2.08. The van der Waals surface area contributed by atoms with Gasteiger partial charge in [-0.1, -0.05) is 44.9 Å². The minimum Gasteiger partial charge on any atom is -0.465 e. The highest BCUT2D eigenvalue weighted by atomic mass is 16.5. The molecule has 0 bridgehead atoms. The Labute approximate surface area is 134 Å². The van der Waals surface area contributed by atoms with E-state index in [0.717, 1.165) is 25.7 Å². The van der Waals surface area contributed by atoms with Gasteiger partial charge in [-0.25, -0.2) is 4.79 Å². The summed E-state index contributed by atoms with van der Waals surface area (Å²) in [4.78, 5) is 23.1. The van der Waals surface area contributed by atoms with Gasteiger partial charge < -0.3 is 9.47 Å². The topological polar surface area (TPSA) is 52.6 Å². The van der Waals surface area contributed by atoms with Crippen molar-refractivity contribution in [2.45, 2.75) is 65.7 Å². The van der Waals surface area contributed by atoms with Gasteiger partial charge >= 0.3 is 11.9 Å². The first kappa shape index (κ1) is 20.4. The number of rotatable bonds is 12. The van der Waals surface area contributed by atoms with E-state index in [1.807, 2.05) is 13.0 Å². The molecule has 0 radical (unpaired) electrons. The maximum atomic E-state index is 11.8.